The van der Waals surface area contributed by atoms with E-state index in [4.69, 9.17) is 0 Å². The first-order chi connectivity index (χ1) is 8.66. The van der Waals surface area contributed by atoms with Crippen LogP contribution in [-0.2, 0) is 4.79 Å². The molecule has 2 N–H and O–H groups in total. The van der Waals surface area contributed by atoms with Crippen molar-refractivity contribution in [3.63, 3.8) is 0 Å². The van der Waals surface area contributed by atoms with E-state index in [2.05, 4.69) is 34.8 Å². The summed E-state index contributed by atoms with van der Waals surface area (Å²) in [7, 11) is 0. The number of carbonyl (C=O) groups excluding carboxylic acids is 1. The number of para-hydroxylation sites is 1. The Bertz CT molecular complexity index is 422. The highest BCUT2D eigenvalue weighted by Crippen LogP contribution is 2.16. The Morgan fingerprint density at radius 3 is 2.94 bits per heavy atom. The number of likely N-dealkylation sites (tertiary alicyclic amines) is 1. The van der Waals surface area contributed by atoms with Crippen molar-refractivity contribution in [1.29, 1.82) is 0 Å². The van der Waals surface area contributed by atoms with E-state index >= 15 is 0 Å². The normalized spacial score (nSPS) is 23.7. The number of hydrogen-bond acceptors (Lipinski definition) is 1. The van der Waals surface area contributed by atoms with Gasteiger partial charge in [-0.3, -0.25) is 4.79 Å². The molecule has 3 nitrogen and oxygen atoms in total. The topological polar surface area (TPSA) is 33.5 Å². The number of amides is 1. The van der Waals surface area contributed by atoms with Crippen molar-refractivity contribution in [3.8, 4) is 0 Å². The largest absolute Gasteiger partial charge is 0.325 e. The van der Waals surface area contributed by atoms with Gasteiger partial charge in [-0.15, -0.1) is 0 Å². The van der Waals surface area contributed by atoms with Crippen molar-refractivity contribution in [3.05, 3.63) is 27.8 Å². The molecule has 1 aliphatic heterocycles. The summed E-state index contributed by atoms with van der Waals surface area (Å²) in [4.78, 5) is 13.5. The van der Waals surface area contributed by atoms with Crippen molar-refractivity contribution >= 4 is 34.2 Å². The molecule has 0 radical (unpaired) electrons. The number of halogens is 1. The Morgan fingerprint density at radius 2 is 2.22 bits per heavy atom. The predicted octanol–water partition coefficient (Wildman–Crippen LogP) is 1.69. The highest BCUT2D eigenvalue weighted by atomic mass is 127. The zero-order chi connectivity index (χ0) is 13.0. The fourth-order valence-electron chi connectivity index (χ4n) is 2.48. The van der Waals surface area contributed by atoms with Crippen LogP contribution in [0.3, 0.4) is 0 Å². The van der Waals surface area contributed by atoms with Gasteiger partial charge < -0.3 is 10.2 Å². The number of hydrogen-bond donors (Lipinski definition) is 2. The molecule has 1 aromatic carbocycles. The van der Waals surface area contributed by atoms with Crippen molar-refractivity contribution in [1.82, 2.24) is 0 Å². The van der Waals surface area contributed by atoms with Crippen molar-refractivity contribution in [2.24, 2.45) is 0 Å². The lowest BCUT2D eigenvalue weighted by atomic mass is 10.0. The summed E-state index contributed by atoms with van der Waals surface area (Å²) in [5.41, 5.74) is 0.923. The second kappa shape index (κ2) is 6.52. The van der Waals surface area contributed by atoms with Crippen molar-refractivity contribution in [2.75, 3.05) is 18.4 Å². The van der Waals surface area contributed by atoms with E-state index in [9.17, 15) is 4.79 Å². The van der Waals surface area contributed by atoms with Crippen LogP contribution >= 0.6 is 22.6 Å². The Kier molecular flexibility index (Phi) is 5.00. The second-order valence-corrected chi connectivity index (χ2v) is 6.17. The van der Waals surface area contributed by atoms with Gasteiger partial charge >= 0.3 is 0 Å². The minimum Gasteiger partial charge on any atom is -0.325 e. The van der Waals surface area contributed by atoms with E-state index < -0.39 is 0 Å². The molecule has 98 valence electrons. The molecule has 0 spiro atoms. The van der Waals surface area contributed by atoms with E-state index in [0.717, 1.165) is 15.8 Å². The monoisotopic (exact) mass is 359 g/mol. The smallest absolute Gasteiger partial charge is 0.279 e. The van der Waals surface area contributed by atoms with Crippen LogP contribution in [0.15, 0.2) is 24.3 Å². The van der Waals surface area contributed by atoms with Crippen molar-refractivity contribution < 1.29 is 9.69 Å². The Labute approximate surface area is 122 Å². The van der Waals surface area contributed by atoms with Gasteiger partial charge in [-0.05, 0) is 60.9 Å². The number of rotatable bonds is 3. The van der Waals surface area contributed by atoms with Crippen LogP contribution in [0.25, 0.3) is 0 Å². The van der Waals surface area contributed by atoms with Gasteiger partial charge in [-0.25, -0.2) is 0 Å². The molecule has 1 aromatic rings. The summed E-state index contributed by atoms with van der Waals surface area (Å²) in [6.45, 7) is 3.96. The Morgan fingerprint density at radius 1 is 1.44 bits per heavy atom. The molecule has 1 aliphatic rings. The van der Waals surface area contributed by atoms with Crippen LogP contribution in [0.5, 0.6) is 0 Å². The molecule has 18 heavy (non-hydrogen) atoms. The summed E-state index contributed by atoms with van der Waals surface area (Å²) in [5, 5.41) is 3.01. The van der Waals surface area contributed by atoms with Gasteiger partial charge in [0.2, 0.25) is 0 Å². The zero-order valence-electron chi connectivity index (χ0n) is 10.7. The summed E-state index contributed by atoms with van der Waals surface area (Å²) in [6, 6.07) is 8.50. The van der Waals surface area contributed by atoms with E-state index in [1.807, 2.05) is 24.3 Å². The molecular weight excluding hydrogens is 339 g/mol. The number of carbonyl (C=O) groups is 1. The van der Waals surface area contributed by atoms with Crippen LogP contribution in [0, 0.1) is 3.57 Å². The second-order valence-electron chi connectivity index (χ2n) is 5.01. The Hall–Kier alpha value is -0.620. The maximum absolute atomic E-state index is 12.0. The molecular formula is C14H20IN2O+. The highest BCUT2D eigenvalue weighted by molar-refractivity contribution is 14.1. The van der Waals surface area contributed by atoms with Gasteiger partial charge in [0.05, 0.1) is 18.3 Å². The molecule has 2 rings (SSSR count). The van der Waals surface area contributed by atoms with E-state index in [-0.39, 0.29) is 5.91 Å². The molecule has 4 heteroatoms. The minimum absolute atomic E-state index is 0.128. The van der Waals surface area contributed by atoms with Gasteiger partial charge in [-0.2, -0.15) is 0 Å². The molecule has 0 aliphatic carbocycles. The summed E-state index contributed by atoms with van der Waals surface area (Å²) in [6.07, 6.45) is 3.80. The third-order valence-electron chi connectivity index (χ3n) is 3.62. The van der Waals surface area contributed by atoms with Gasteiger partial charge in [0.15, 0.2) is 6.54 Å². The number of piperidine rings is 1. The molecule has 0 bridgehead atoms. The lowest BCUT2D eigenvalue weighted by Crippen LogP contribution is -3.17. The third-order valence-corrected chi connectivity index (χ3v) is 4.56. The van der Waals surface area contributed by atoms with Crippen LogP contribution in [0.2, 0.25) is 0 Å². The van der Waals surface area contributed by atoms with Gasteiger partial charge in [-0.1, -0.05) is 12.1 Å². The minimum atomic E-state index is 0.128. The predicted molar refractivity (Wildman–Crippen MR) is 81.8 cm³/mol. The molecule has 1 unspecified atom stereocenters. The lowest BCUT2D eigenvalue weighted by molar-refractivity contribution is -0.920. The highest BCUT2D eigenvalue weighted by Gasteiger charge is 2.24. The first-order valence-corrected chi connectivity index (χ1v) is 7.63. The van der Waals surface area contributed by atoms with Crippen LogP contribution in [-0.4, -0.2) is 25.0 Å². The van der Waals surface area contributed by atoms with E-state index in [0.29, 0.717) is 12.6 Å². The molecule has 1 saturated heterocycles. The third kappa shape index (κ3) is 3.68. The Balaban J connectivity index is 1.90. The molecule has 1 heterocycles. The van der Waals surface area contributed by atoms with E-state index in [1.165, 1.54) is 24.2 Å². The number of nitrogens with one attached hydrogen (secondary N) is 2. The molecule has 2 atom stereocenters. The SMILES string of the molecule is C[C@@H]1CCCC[NH+]1CC(=O)Nc1ccccc1I. The van der Waals surface area contributed by atoms with Gasteiger partial charge in [0.1, 0.15) is 0 Å². The fraction of sp³-hybridized carbons (Fsp3) is 0.500. The zero-order valence-corrected chi connectivity index (χ0v) is 12.9. The molecule has 0 saturated carbocycles. The summed E-state index contributed by atoms with van der Waals surface area (Å²) < 4.78 is 1.09. The molecule has 1 amide bonds. The van der Waals surface area contributed by atoms with Gasteiger partial charge in [0.25, 0.3) is 5.91 Å². The summed E-state index contributed by atoms with van der Waals surface area (Å²) >= 11 is 2.25. The average Bonchev–Trinajstić information content (AvgIpc) is 2.35. The first kappa shape index (κ1) is 13.8. The first-order valence-electron chi connectivity index (χ1n) is 6.56. The maximum Gasteiger partial charge on any atom is 0.279 e. The lowest BCUT2D eigenvalue weighted by Gasteiger charge is -2.29. The maximum atomic E-state index is 12.0. The average molecular weight is 359 g/mol. The fourth-order valence-corrected chi connectivity index (χ4v) is 3.00. The van der Waals surface area contributed by atoms with Crippen molar-refractivity contribution in [2.45, 2.75) is 32.2 Å². The van der Waals surface area contributed by atoms with E-state index in [1.54, 1.807) is 0 Å². The molecule has 0 aromatic heterocycles. The molecule has 1 fully saturated rings. The standard InChI is InChI=1S/C14H19IN2O/c1-11-6-4-5-9-17(11)10-14(18)16-13-8-3-2-7-12(13)15/h2-3,7-8,11H,4-6,9-10H2,1H3,(H,16,18)/p+1/t11-/m1/s1. The van der Waals surface area contributed by atoms with Gasteiger partial charge in [0, 0.05) is 3.57 Å². The van der Waals surface area contributed by atoms with Crippen LogP contribution in [0.1, 0.15) is 26.2 Å². The summed E-state index contributed by atoms with van der Waals surface area (Å²) in [5.74, 6) is 0.128. The van der Waals surface area contributed by atoms with Crippen LogP contribution < -0.4 is 10.2 Å². The quantitative estimate of drug-likeness (QED) is 0.792. The number of quaternary nitrogens is 1. The van der Waals surface area contributed by atoms with Crippen LogP contribution in [0.4, 0.5) is 5.69 Å². The number of anilines is 1. The number of benzene rings is 1.